The normalized spacial score (nSPS) is 13.0. The van der Waals surface area contributed by atoms with Crippen LogP contribution in [-0.2, 0) is 6.42 Å². The molecule has 1 heterocycles. The fourth-order valence-electron chi connectivity index (χ4n) is 3.01. The summed E-state index contributed by atoms with van der Waals surface area (Å²) in [5, 5.41) is 24.0. The maximum absolute atomic E-state index is 10.3. The van der Waals surface area contributed by atoms with Gasteiger partial charge < -0.3 is 25.3 Å². The number of aromatic hydroxyl groups is 1. The molecule has 0 saturated heterocycles. The summed E-state index contributed by atoms with van der Waals surface area (Å²) in [5.74, 6) is 1.04. The monoisotopic (exact) mass is 354 g/mol. The van der Waals surface area contributed by atoms with Crippen LogP contribution in [0, 0.1) is 0 Å². The molecule has 5 heteroatoms. The van der Waals surface area contributed by atoms with Crippen LogP contribution in [0.15, 0.2) is 54.7 Å². The Balaban J connectivity index is 1.49. The van der Waals surface area contributed by atoms with E-state index in [-0.39, 0.29) is 17.9 Å². The van der Waals surface area contributed by atoms with E-state index in [1.807, 2.05) is 42.6 Å². The number of H-pyrrole nitrogens is 1. The predicted molar refractivity (Wildman–Crippen MR) is 104 cm³/mol. The van der Waals surface area contributed by atoms with Crippen LogP contribution in [0.3, 0.4) is 0 Å². The van der Waals surface area contributed by atoms with Gasteiger partial charge in [0.05, 0.1) is 0 Å². The number of phenolic OH excluding ortho intramolecular Hbond substituents is 1. The highest BCUT2D eigenvalue weighted by atomic mass is 16.5. The zero-order chi connectivity index (χ0) is 18.6. The SMILES string of the molecule is CC(C)(Cc1ccc(O)cc1)NC[C@H](O)COc1cccc2[nH]ccc12. The Kier molecular flexibility index (Phi) is 5.49. The van der Waals surface area contributed by atoms with Crippen LogP contribution in [0.25, 0.3) is 10.9 Å². The van der Waals surface area contributed by atoms with E-state index < -0.39 is 6.10 Å². The molecule has 0 fully saturated rings. The smallest absolute Gasteiger partial charge is 0.128 e. The molecule has 2 aromatic carbocycles. The van der Waals surface area contributed by atoms with Crippen molar-refractivity contribution in [2.45, 2.75) is 31.9 Å². The largest absolute Gasteiger partial charge is 0.508 e. The number of fused-ring (bicyclic) bond motifs is 1. The van der Waals surface area contributed by atoms with Crippen LogP contribution < -0.4 is 10.1 Å². The van der Waals surface area contributed by atoms with E-state index in [0.29, 0.717) is 6.54 Å². The molecule has 0 amide bonds. The Labute approximate surface area is 153 Å². The third kappa shape index (κ3) is 4.77. The molecular weight excluding hydrogens is 328 g/mol. The van der Waals surface area contributed by atoms with E-state index in [2.05, 4.69) is 24.1 Å². The highest BCUT2D eigenvalue weighted by Gasteiger charge is 2.19. The van der Waals surface area contributed by atoms with Crippen molar-refractivity contribution in [1.82, 2.24) is 10.3 Å². The second-order valence-corrected chi connectivity index (χ2v) is 7.27. The Morgan fingerprint density at radius 3 is 2.65 bits per heavy atom. The number of hydrogen-bond acceptors (Lipinski definition) is 4. The van der Waals surface area contributed by atoms with Gasteiger partial charge in [0, 0.05) is 29.2 Å². The van der Waals surface area contributed by atoms with Crippen LogP contribution >= 0.6 is 0 Å². The third-order valence-electron chi connectivity index (χ3n) is 4.38. The lowest BCUT2D eigenvalue weighted by Crippen LogP contribution is -2.46. The summed E-state index contributed by atoms with van der Waals surface area (Å²) in [5.41, 5.74) is 1.97. The van der Waals surface area contributed by atoms with Crippen LogP contribution in [0.1, 0.15) is 19.4 Å². The van der Waals surface area contributed by atoms with Crippen molar-refractivity contribution in [2.24, 2.45) is 0 Å². The van der Waals surface area contributed by atoms with Crippen LogP contribution in [0.4, 0.5) is 0 Å². The molecule has 3 aromatic rings. The summed E-state index contributed by atoms with van der Waals surface area (Å²) in [6.07, 6.45) is 2.06. The number of phenols is 1. The quantitative estimate of drug-likeness (QED) is 0.501. The van der Waals surface area contributed by atoms with Crippen molar-refractivity contribution in [1.29, 1.82) is 0 Å². The van der Waals surface area contributed by atoms with Crippen molar-refractivity contribution in [2.75, 3.05) is 13.2 Å². The Bertz CT molecular complexity index is 840. The number of aliphatic hydroxyl groups is 1. The topological polar surface area (TPSA) is 77.5 Å². The van der Waals surface area contributed by atoms with Crippen molar-refractivity contribution in [3.05, 3.63) is 60.3 Å². The van der Waals surface area contributed by atoms with Gasteiger partial charge in [-0.05, 0) is 56.2 Å². The fraction of sp³-hybridized carbons (Fsp3) is 0.333. The number of rotatable bonds is 8. The average Bonchev–Trinajstić information content (AvgIpc) is 3.09. The molecule has 26 heavy (non-hydrogen) atoms. The van der Waals surface area contributed by atoms with Gasteiger partial charge in [-0.3, -0.25) is 0 Å². The number of benzene rings is 2. The third-order valence-corrected chi connectivity index (χ3v) is 4.38. The molecule has 0 unspecified atom stereocenters. The van der Waals surface area contributed by atoms with E-state index in [0.717, 1.165) is 28.6 Å². The number of aromatic amines is 1. The summed E-state index contributed by atoms with van der Waals surface area (Å²) in [4.78, 5) is 3.15. The molecule has 0 bridgehead atoms. The number of aromatic nitrogens is 1. The lowest BCUT2D eigenvalue weighted by molar-refractivity contribution is 0.0996. The molecule has 0 spiro atoms. The standard InChI is InChI=1S/C21H26N2O3/c1-21(2,12-15-6-8-16(24)9-7-15)23-13-17(25)14-26-20-5-3-4-19-18(20)10-11-22-19/h3-11,17,22-25H,12-14H2,1-2H3/t17-/m0/s1. The molecule has 1 aromatic heterocycles. The van der Waals surface area contributed by atoms with E-state index in [1.165, 1.54) is 0 Å². The van der Waals surface area contributed by atoms with Gasteiger partial charge >= 0.3 is 0 Å². The molecular formula is C21H26N2O3. The number of nitrogens with one attached hydrogen (secondary N) is 2. The molecule has 5 nitrogen and oxygen atoms in total. The van der Waals surface area contributed by atoms with Gasteiger partial charge in [-0.25, -0.2) is 0 Å². The van der Waals surface area contributed by atoms with Gasteiger partial charge in [0.1, 0.15) is 24.2 Å². The molecule has 0 aliphatic rings. The number of β-amino-alcohol motifs (C(OH)–C–C–N with tert-alkyl or cyclic N) is 1. The first-order chi connectivity index (χ1) is 12.4. The summed E-state index contributed by atoms with van der Waals surface area (Å²) in [7, 11) is 0. The summed E-state index contributed by atoms with van der Waals surface area (Å²) in [6, 6.07) is 15.0. The molecule has 0 aliphatic carbocycles. The van der Waals surface area contributed by atoms with E-state index >= 15 is 0 Å². The minimum absolute atomic E-state index is 0.182. The zero-order valence-corrected chi connectivity index (χ0v) is 15.2. The number of aliphatic hydroxyl groups excluding tert-OH is 1. The minimum atomic E-state index is -0.608. The fourth-order valence-corrected chi connectivity index (χ4v) is 3.01. The molecule has 3 rings (SSSR count). The van der Waals surface area contributed by atoms with Gasteiger partial charge in [-0.1, -0.05) is 18.2 Å². The first kappa shape index (κ1) is 18.3. The Hall–Kier alpha value is -2.50. The molecule has 0 saturated carbocycles. The highest BCUT2D eigenvalue weighted by Crippen LogP contribution is 2.24. The average molecular weight is 354 g/mol. The van der Waals surface area contributed by atoms with Crippen molar-refractivity contribution in [3.8, 4) is 11.5 Å². The van der Waals surface area contributed by atoms with E-state index in [4.69, 9.17) is 4.74 Å². The second-order valence-electron chi connectivity index (χ2n) is 7.27. The first-order valence-corrected chi connectivity index (χ1v) is 8.83. The Morgan fingerprint density at radius 2 is 1.88 bits per heavy atom. The van der Waals surface area contributed by atoms with Crippen molar-refractivity contribution < 1.29 is 14.9 Å². The minimum Gasteiger partial charge on any atom is -0.508 e. The van der Waals surface area contributed by atoms with Gasteiger partial charge in [0.15, 0.2) is 0 Å². The number of ether oxygens (including phenoxy) is 1. The predicted octanol–water partition coefficient (Wildman–Crippen LogP) is 3.22. The van der Waals surface area contributed by atoms with Gasteiger partial charge in [0.2, 0.25) is 0 Å². The Morgan fingerprint density at radius 1 is 1.12 bits per heavy atom. The van der Waals surface area contributed by atoms with Gasteiger partial charge in [0.25, 0.3) is 0 Å². The van der Waals surface area contributed by atoms with Crippen molar-refractivity contribution in [3.63, 3.8) is 0 Å². The summed E-state index contributed by atoms with van der Waals surface area (Å²) < 4.78 is 5.80. The lowest BCUT2D eigenvalue weighted by atomic mass is 9.94. The summed E-state index contributed by atoms with van der Waals surface area (Å²) in [6.45, 7) is 4.85. The molecule has 1 atom stereocenters. The first-order valence-electron chi connectivity index (χ1n) is 8.83. The van der Waals surface area contributed by atoms with Crippen LogP contribution in [-0.4, -0.2) is 40.0 Å². The van der Waals surface area contributed by atoms with Crippen LogP contribution in [0.5, 0.6) is 11.5 Å². The lowest BCUT2D eigenvalue weighted by Gasteiger charge is -2.28. The molecule has 0 radical (unpaired) electrons. The molecule has 4 N–H and O–H groups in total. The van der Waals surface area contributed by atoms with E-state index in [1.54, 1.807) is 12.1 Å². The summed E-state index contributed by atoms with van der Waals surface area (Å²) >= 11 is 0. The second kappa shape index (κ2) is 7.81. The maximum atomic E-state index is 10.3. The molecule has 138 valence electrons. The maximum Gasteiger partial charge on any atom is 0.128 e. The van der Waals surface area contributed by atoms with Gasteiger partial charge in [-0.2, -0.15) is 0 Å². The van der Waals surface area contributed by atoms with E-state index in [9.17, 15) is 10.2 Å². The molecule has 0 aliphatic heterocycles. The number of hydrogen-bond donors (Lipinski definition) is 4. The van der Waals surface area contributed by atoms with Crippen LogP contribution in [0.2, 0.25) is 0 Å². The highest BCUT2D eigenvalue weighted by molar-refractivity contribution is 5.85. The zero-order valence-electron chi connectivity index (χ0n) is 15.2. The van der Waals surface area contributed by atoms with Crippen molar-refractivity contribution >= 4 is 10.9 Å². The van der Waals surface area contributed by atoms with Gasteiger partial charge in [-0.15, -0.1) is 0 Å².